The Hall–Kier alpha value is 0.177. The van der Waals surface area contributed by atoms with Crippen LogP contribution in [-0.4, -0.2) is 20.5 Å². The van der Waals surface area contributed by atoms with Crippen LogP contribution in [0, 0.1) is 0 Å². The molecule has 1 aliphatic rings. The van der Waals surface area contributed by atoms with E-state index in [0.29, 0.717) is 5.16 Å². The van der Waals surface area contributed by atoms with Crippen LogP contribution >= 0.6 is 0 Å². The molecule has 0 aromatic heterocycles. The van der Waals surface area contributed by atoms with E-state index in [0.717, 1.165) is 0 Å². The van der Waals surface area contributed by atoms with Gasteiger partial charge in [0, 0.05) is 5.16 Å². The minimum atomic E-state index is -0.0920. The third kappa shape index (κ3) is 4.69. The van der Waals surface area contributed by atoms with Gasteiger partial charge in [-0.25, -0.2) is 0 Å². The first-order valence-electron chi connectivity index (χ1n) is 6.77. The van der Waals surface area contributed by atoms with E-state index in [1.54, 1.807) is 0 Å². The molecule has 2 heteroatoms. The minimum Gasteiger partial charge on any atom is -0.315 e. The number of hydrogen-bond acceptors (Lipinski definition) is 1. The molecule has 89 valence electrons. The molecule has 1 aliphatic heterocycles. The van der Waals surface area contributed by atoms with Crippen molar-refractivity contribution in [3.8, 4) is 0 Å². The van der Waals surface area contributed by atoms with Crippen LogP contribution in [0.4, 0.5) is 0 Å². The molecule has 0 unspecified atom stereocenters. The van der Waals surface area contributed by atoms with Crippen molar-refractivity contribution in [1.82, 2.24) is 5.32 Å². The molecule has 1 fully saturated rings. The molecule has 0 spiro atoms. The molecule has 1 N–H and O–H groups in total. The van der Waals surface area contributed by atoms with Gasteiger partial charge in [0.25, 0.3) is 0 Å². The van der Waals surface area contributed by atoms with E-state index in [4.69, 9.17) is 0 Å². The van der Waals surface area contributed by atoms with Gasteiger partial charge in [0.15, 0.2) is 0 Å². The quantitative estimate of drug-likeness (QED) is 0.515. The third-order valence-electron chi connectivity index (χ3n) is 3.71. The standard InChI is InChI=1S/C13H28NSi/c1-4-5-6-7-8-9-11-15-12-10-14-13(15,2)3/h14H,4-12H2,1-3H3. The molecule has 0 amide bonds. The summed E-state index contributed by atoms with van der Waals surface area (Å²) in [7, 11) is -0.0920. The SMILES string of the molecule is CCCCCCCC[Si]1CCNC1(C)C. The Morgan fingerprint density at radius 3 is 2.33 bits per heavy atom. The summed E-state index contributed by atoms with van der Waals surface area (Å²) in [5.41, 5.74) is 0. The Morgan fingerprint density at radius 1 is 1.07 bits per heavy atom. The van der Waals surface area contributed by atoms with Crippen molar-refractivity contribution in [2.45, 2.75) is 76.5 Å². The van der Waals surface area contributed by atoms with Gasteiger partial charge in [0.05, 0.1) is 8.80 Å². The lowest BCUT2D eigenvalue weighted by Gasteiger charge is -2.25. The van der Waals surface area contributed by atoms with Gasteiger partial charge in [0.1, 0.15) is 0 Å². The van der Waals surface area contributed by atoms with E-state index < -0.39 is 0 Å². The monoisotopic (exact) mass is 226 g/mol. The smallest absolute Gasteiger partial charge is 0.0735 e. The summed E-state index contributed by atoms with van der Waals surface area (Å²) in [6, 6.07) is 3.03. The molecule has 1 rings (SSSR count). The summed E-state index contributed by atoms with van der Waals surface area (Å²) in [5, 5.41) is 4.16. The first-order chi connectivity index (χ1) is 7.17. The van der Waals surface area contributed by atoms with E-state index >= 15 is 0 Å². The Morgan fingerprint density at radius 2 is 1.73 bits per heavy atom. The lowest BCUT2D eigenvalue weighted by molar-refractivity contribution is 0.569. The Balaban J connectivity index is 2.00. The molecular formula is C13H28NSi. The van der Waals surface area contributed by atoms with Crippen LogP contribution in [0.1, 0.15) is 59.3 Å². The summed E-state index contributed by atoms with van der Waals surface area (Å²) in [6.07, 6.45) is 8.70. The summed E-state index contributed by atoms with van der Waals surface area (Å²) < 4.78 is 0. The van der Waals surface area contributed by atoms with Crippen molar-refractivity contribution in [2.75, 3.05) is 6.54 Å². The van der Waals surface area contributed by atoms with Crippen LogP contribution < -0.4 is 5.32 Å². The molecule has 1 nitrogen and oxygen atoms in total. The third-order valence-corrected chi connectivity index (χ3v) is 7.46. The maximum Gasteiger partial charge on any atom is 0.0735 e. The van der Waals surface area contributed by atoms with Crippen molar-refractivity contribution in [3.63, 3.8) is 0 Å². The van der Waals surface area contributed by atoms with Gasteiger partial charge in [-0.1, -0.05) is 65.3 Å². The van der Waals surface area contributed by atoms with Crippen molar-refractivity contribution < 1.29 is 0 Å². The highest BCUT2D eigenvalue weighted by atomic mass is 28.3. The fourth-order valence-electron chi connectivity index (χ4n) is 2.52. The van der Waals surface area contributed by atoms with Crippen LogP contribution in [0.3, 0.4) is 0 Å². The van der Waals surface area contributed by atoms with Crippen LogP contribution in [0.25, 0.3) is 0 Å². The Bertz CT molecular complexity index is 168. The number of hydrogen-bond donors (Lipinski definition) is 1. The highest BCUT2D eigenvalue weighted by molar-refractivity contribution is 6.63. The average Bonchev–Trinajstić information content (AvgIpc) is 2.52. The Kier molecular flexibility index (Phi) is 5.91. The van der Waals surface area contributed by atoms with E-state index in [1.807, 2.05) is 0 Å². The summed E-state index contributed by atoms with van der Waals surface area (Å²) in [4.78, 5) is 0. The lowest BCUT2D eigenvalue weighted by Crippen LogP contribution is -2.44. The predicted octanol–water partition coefficient (Wildman–Crippen LogP) is 3.76. The topological polar surface area (TPSA) is 12.0 Å². The van der Waals surface area contributed by atoms with Gasteiger partial charge in [-0.3, -0.25) is 0 Å². The van der Waals surface area contributed by atoms with Crippen LogP contribution in [0.2, 0.25) is 12.1 Å². The molecule has 0 aromatic carbocycles. The molecule has 1 radical (unpaired) electrons. The van der Waals surface area contributed by atoms with Crippen molar-refractivity contribution in [1.29, 1.82) is 0 Å². The van der Waals surface area contributed by atoms with Crippen molar-refractivity contribution >= 4 is 8.80 Å². The van der Waals surface area contributed by atoms with Crippen molar-refractivity contribution in [3.05, 3.63) is 0 Å². The van der Waals surface area contributed by atoms with Gasteiger partial charge in [-0.05, 0) is 12.6 Å². The summed E-state index contributed by atoms with van der Waals surface area (Å²) in [6.45, 7) is 8.38. The van der Waals surface area contributed by atoms with Gasteiger partial charge in [-0.2, -0.15) is 0 Å². The second kappa shape index (κ2) is 6.69. The normalized spacial score (nSPS) is 21.0. The fraction of sp³-hybridized carbons (Fsp3) is 1.00. The van der Waals surface area contributed by atoms with Gasteiger partial charge in [-0.15, -0.1) is 0 Å². The molecule has 1 saturated heterocycles. The van der Waals surface area contributed by atoms with E-state index in [9.17, 15) is 0 Å². The average molecular weight is 226 g/mol. The van der Waals surface area contributed by atoms with E-state index in [2.05, 4.69) is 26.1 Å². The lowest BCUT2D eigenvalue weighted by atomic mass is 10.1. The summed E-state index contributed by atoms with van der Waals surface area (Å²) >= 11 is 0. The predicted molar refractivity (Wildman–Crippen MR) is 70.8 cm³/mol. The van der Waals surface area contributed by atoms with Gasteiger partial charge >= 0.3 is 0 Å². The maximum absolute atomic E-state index is 3.65. The molecule has 0 aromatic rings. The first-order valence-corrected chi connectivity index (χ1v) is 8.68. The van der Waals surface area contributed by atoms with Crippen LogP contribution in [0.15, 0.2) is 0 Å². The van der Waals surface area contributed by atoms with Crippen LogP contribution in [-0.2, 0) is 0 Å². The molecular weight excluding hydrogens is 198 g/mol. The van der Waals surface area contributed by atoms with Crippen LogP contribution in [0.5, 0.6) is 0 Å². The fourth-order valence-corrected chi connectivity index (χ4v) is 5.50. The highest BCUT2D eigenvalue weighted by Crippen LogP contribution is 2.23. The zero-order valence-electron chi connectivity index (χ0n) is 10.9. The minimum absolute atomic E-state index is 0.0920. The van der Waals surface area contributed by atoms with E-state index in [-0.39, 0.29) is 8.80 Å². The molecule has 0 saturated carbocycles. The molecule has 1 heterocycles. The molecule has 0 aliphatic carbocycles. The first kappa shape index (κ1) is 13.2. The largest absolute Gasteiger partial charge is 0.315 e. The highest BCUT2D eigenvalue weighted by Gasteiger charge is 2.34. The van der Waals surface area contributed by atoms with Crippen molar-refractivity contribution in [2.24, 2.45) is 0 Å². The Labute approximate surface area is 97.6 Å². The second-order valence-corrected chi connectivity index (χ2v) is 8.88. The number of nitrogens with one attached hydrogen (secondary N) is 1. The number of rotatable bonds is 7. The zero-order chi connectivity index (χ0) is 11.1. The molecule has 0 bridgehead atoms. The maximum atomic E-state index is 3.65. The molecule has 0 atom stereocenters. The zero-order valence-corrected chi connectivity index (χ0v) is 11.9. The van der Waals surface area contributed by atoms with Gasteiger partial charge < -0.3 is 5.32 Å². The number of unbranched alkanes of at least 4 members (excludes halogenated alkanes) is 5. The summed E-state index contributed by atoms with van der Waals surface area (Å²) in [5.74, 6) is 0. The second-order valence-electron chi connectivity index (χ2n) is 5.42. The van der Waals surface area contributed by atoms with Gasteiger partial charge in [0.2, 0.25) is 0 Å². The molecule has 15 heavy (non-hydrogen) atoms. The van der Waals surface area contributed by atoms with E-state index in [1.165, 1.54) is 57.2 Å².